The van der Waals surface area contributed by atoms with E-state index in [1.807, 2.05) is 0 Å². The van der Waals surface area contributed by atoms with Crippen LogP contribution in [-0.4, -0.2) is 11.5 Å². The zero-order valence-corrected chi connectivity index (χ0v) is 14.7. The molecule has 2 rings (SSSR count). The maximum atomic E-state index is 4.85. The molecule has 2 aromatic rings. The Morgan fingerprint density at radius 2 is 1.82 bits per heavy atom. The van der Waals surface area contributed by atoms with Crippen molar-refractivity contribution in [3.63, 3.8) is 0 Å². The Bertz CT molecular complexity index is 614. The van der Waals surface area contributed by atoms with Gasteiger partial charge in [-0.3, -0.25) is 4.98 Å². The molecule has 0 saturated heterocycles. The smallest absolute Gasteiger partial charge is 0.0708 e. The van der Waals surface area contributed by atoms with Crippen molar-refractivity contribution in [1.29, 1.82) is 0 Å². The van der Waals surface area contributed by atoms with Crippen LogP contribution in [-0.2, 0) is 6.54 Å². The van der Waals surface area contributed by atoms with Gasteiger partial charge < -0.3 is 5.32 Å². The molecule has 2 heteroatoms. The van der Waals surface area contributed by atoms with Crippen LogP contribution in [0.1, 0.15) is 76.1 Å². The molecule has 0 aliphatic heterocycles. The molecule has 1 aromatic carbocycles. The lowest BCUT2D eigenvalue weighted by atomic mass is 9.97. The monoisotopic (exact) mass is 298 g/mol. The minimum absolute atomic E-state index is 0.462. The number of hydrogen-bond donors (Lipinski definition) is 1. The summed E-state index contributed by atoms with van der Waals surface area (Å²) in [5, 5.41) is 4.89. The molecule has 1 heterocycles. The van der Waals surface area contributed by atoms with E-state index >= 15 is 0 Å². The number of nitrogens with zero attached hydrogens (tertiary/aromatic N) is 1. The van der Waals surface area contributed by atoms with Gasteiger partial charge in [-0.05, 0) is 54.1 Å². The number of aromatic nitrogens is 1. The van der Waals surface area contributed by atoms with Crippen LogP contribution in [0.2, 0.25) is 0 Å². The third kappa shape index (κ3) is 4.07. The predicted octanol–water partition coefficient (Wildman–Crippen LogP) is 5.37. The summed E-state index contributed by atoms with van der Waals surface area (Å²) in [5.41, 5.74) is 5.09. The first-order chi connectivity index (χ1) is 10.5. The lowest BCUT2D eigenvalue weighted by Gasteiger charge is -2.14. The summed E-state index contributed by atoms with van der Waals surface area (Å²) in [6.45, 7) is 13.2. The van der Waals surface area contributed by atoms with E-state index in [0.29, 0.717) is 11.8 Å². The summed E-state index contributed by atoms with van der Waals surface area (Å²) in [4.78, 5) is 4.85. The molecule has 0 unspecified atom stereocenters. The first kappa shape index (κ1) is 17.0. The quantitative estimate of drug-likeness (QED) is 0.695. The number of unbranched alkanes of at least 4 members (excludes halogenated alkanes) is 1. The highest BCUT2D eigenvalue weighted by Gasteiger charge is 2.10. The van der Waals surface area contributed by atoms with Crippen LogP contribution >= 0.6 is 0 Å². The Balaban J connectivity index is 2.40. The highest BCUT2D eigenvalue weighted by Crippen LogP contribution is 2.26. The SMILES string of the molecule is CCCCNCc1cc(C(C)C)nc2ccc(C(C)C)cc12. The molecule has 22 heavy (non-hydrogen) atoms. The molecule has 0 radical (unpaired) electrons. The molecule has 0 bridgehead atoms. The van der Waals surface area contributed by atoms with Crippen molar-refractivity contribution >= 4 is 10.9 Å². The standard InChI is InChI=1S/C20H30N2/c1-6-7-10-21-13-17-12-20(15(4)5)22-19-9-8-16(14(2)3)11-18(17)19/h8-9,11-12,14-15,21H,6-7,10,13H2,1-5H3. The Morgan fingerprint density at radius 3 is 2.45 bits per heavy atom. The molecule has 2 nitrogen and oxygen atoms in total. The Morgan fingerprint density at radius 1 is 1.05 bits per heavy atom. The summed E-state index contributed by atoms with van der Waals surface area (Å²) >= 11 is 0. The molecular formula is C20H30N2. The van der Waals surface area contributed by atoms with Gasteiger partial charge in [0.2, 0.25) is 0 Å². The van der Waals surface area contributed by atoms with E-state index in [1.54, 1.807) is 0 Å². The zero-order chi connectivity index (χ0) is 16.1. The molecule has 0 aliphatic carbocycles. The van der Waals surface area contributed by atoms with Crippen LogP contribution in [0, 0.1) is 0 Å². The van der Waals surface area contributed by atoms with Crippen LogP contribution in [0.25, 0.3) is 10.9 Å². The minimum atomic E-state index is 0.462. The largest absolute Gasteiger partial charge is 0.313 e. The van der Waals surface area contributed by atoms with Crippen molar-refractivity contribution in [3.8, 4) is 0 Å². The predicted molar refractivity (Wildman–Crippen MR) is 96.5 cm³/mol. The second-order valence-corrected chi connectivity index (χ2v) is 6.82. The number of benzene rings is 1. The fourth-order valence-electron chi connectivity index (χ4n) is 2.66. The van der Waals surface area contributed by atoms with Gasteiger partial charge in [-0.25, -0.2) is 0 Å². The first-order valence-electron chi connectivity index (χ1n) is 8.67. The summed E-state index contributed by atoms with van der Waals surface area (Å²) in [6, 6.07) is 9.02. The molecule has 0 atom stereocenters. The van der Waals surface area contributed by atoms with Gasteiger partial charge in [-0.2, -0.15) is 0 Å². The van der Waals surface area contributed by atoms with Gasteiger partial charge in [0.1, 0.15) is 0 Å². The van der Waals surface area contributed by atoms with Gasteiger partial charge in [0.25, 0.3) is 0 Å². The van der Waals surface area contributed by atoms with Gasteiger partial charge in [-0.1, -0.05) is 47.1 Å². The summed E-state index contributed by atoms with van der Waals surface area (Å²) < 4.78 is 0. The molecule has 1 aromatic heterocycles. The molecule has 0 fully saturated rings. The zero-order valence-electron chi connectivity index (χ0n) is 14.7. The maximum absolute atomic E-state index is 4.85. The van der Waals surface area contributed by atoms with Gasteiger partial charge in [-0.15, -0.1) is 0 Å². The Kier molecular flexibility index (Phi) is 5.96. The number of fused-ring (bicyclic) bond motifs is 1. The lowest BCUT2D eigenvalue weighted by molar-refractivity contribution is 0.642. The van der Waals surface area contributed by atoms with E-state index in [4.69, 9.17) is 4.98 Å². The van der Waals surface area contributed by atoms with E-state index in [2.05, 4.69) is 64.2 Å². The molecule has 0 aliphatic rings. The van der Waals surface area contributed by atoms with Gasteiger partial charge in [0, 0.05) is 17.6 Å². The second-order valence-electron chi connectivity index (χ2n) is 6.82. The van der Waals surface area contributed by atoms with E-state index in [-0.39, 0.29) is 0 Å². The van der Waals surface area contributed by atoms with Gasteiger partial charge in [0.15, 0.2) is 0 Å². The Hall–Kier alpha value is -1.41. The van der Waals surface area contributed by atoms with Crippen LogP contribution in [0.5, 0.6) is 0 Å². The highest BCUT2D eigenvalue weighted by atomic mass is 14.8. The fourth-order valence-corrected chi connectivity index (χ4v) is 2.66. The van der Waals surface area contributed by atoms with Crippen molar-refractivity contribution in [2.75, 3.05) is 6.54 Å². The third-order valence-corrected chi connectivity index (χ3v) is 4.22. The summed E-state index contributed by atoms with van der Waals surface area (Å²) in [7, 11) is 0. The average Bonchev–Trinajstić information content (AvgIpc) is 2.50. The van der Waals surface area contributed by atoms with Crippen LogP contribution in [0.4, 0.5) is 0 Å². The Labute approximate surface area is 135 Å². The van der Waals surface area contributed by atoms with Crippen molar-refractivity contribution in [2.24, 2.45) is 0 Å². The van der Waals surface area contributed by atoms with Gasteiger partial charge in [0.05, 0.1) is 5.52 Å². The van der Waals surface area contributed by atoms with Crippen molar-refractivity contribution < 1.29 is 0 Å². The van der Waals surface area contributed by atoms with E-state index < -0.39 is 0 Å². The maximum Gasteiger partial charge on any atom is 0.0708 e. The van der Waals surface area contributed by atoms with Crippen molar-refractivity contribution in [1.82, 2.24) is 10.3 Å². The van der Waals surface area contributed by atoms with Crippen molar-refractivity contribution in [3.05, 3.63) is 41.1 Å². The number of hydrogen-bond acceptors (Lipinski definition) is 2. The molecule has 0 saturated carbocycles. The fraction of sp³-hybridized carbons (Fsp3) is 0.550. The van der Waals surface area contributed by atoms with Crippen LogP contribution < -0.4 is 5.32 Å². The summed E-state index contributed by atoms with van der Waals surface area (Å²) in [5.74, 6) is 1.01. The average molecular weight is 298 g/mol. The number of rotatable bonds is 7. The normalized spacial score (nSPS) is 11.8. The van der Waals surface area contributed by atoms with Crippen LogP contribution in [0.3, 0.4) is 0 Å². The molecule has 120 valence electrons. The number of nitrogens with one attached hydrogen (secondary N) is 1. The molecule has 0 amide bonds. The minimum Gasteiger partial charge on any atom is -0.313 e. The first-order valence-corrected chi connectivity index (χ1v) is 8.67. The highest BCUT2D eigenvalue weighted by molar-refractivity contribution is 5.83. The van der Waals surface area contributed by atoms with Gasteiger partial charge >= 0.3 is 0 Å². The van der Waals surface area contributed by atoms with E-state index in [9.17, 15) is 0 Å². The topological polar surface area (TPSA) is 24.9 Å². The third-order valence-electron chi connectivity index (χ3n) is 4.22. The van der Waals surface area contributed by atoms with Crippen LogP contribution in [0.15, 0.2) is 24.3 Å². The molecule has 1 N–H and O–H groups in total. The lowest BCUT2D eigenvalue weighted by Crippen LogP contribution is -2.15. The number of pyridine rings is 1. The summed E-state index contributed by atoms with van der Waals surface area (Å²) in [6.07, 6.45) is 2.47. The molecular weight excluding hydrogens is 268 g/mol. The van der Waals surface area contributed by atoms with E-state index in [0.717, 1.165) is 18.6 Å². The molecule has 0 spiro atoms. The second kappa shape index (κ2) is 7.73. The van der Waals surface area contributed by atoms with E-state index in [1.165, 1.54) is 35.0 Å². The van der Waals surface area contributed by atoms with Crippen molar-refractivity contribution in [2.45, 2.75) is 65.8 Å².